The van der Waals surface area contributed by atoms with Gasteiger partial charge >= 0.3 is 0 Å². The number of benzene rings is 3. The standard InChI is InChI=1S/C25H28O2/c1-14-7-15(2)9-20(8-14)23(21-10-16(3)24(26)17(4)11-21)22-12-18(5)25(27)19(6)13-22/h7-13,23,26-27H,1-6H3. The molecule has 2 N–H and O–H groups in total. The number of hydrogen-bond acceptors (Lipinski definition) is 2. The normalized spacial score (nSPS) is 11.2. The summed E-state index contributed by atoms with van der Waals surface area (Å²) in [5.41, 5.74) is 9.51. The molecule has 0 aromatic heterocycles. The second-order valence-electron chi connectivity index (χ2n) is 7.86. The van der Waals surface area contributed by atoms with Crippen molar-refractivity contribution in [1.29, 1.82) is 0 Å². The number of hydrogen-bond donors (Lipinski definition) is 2. The number of aromatic hydroxyl groups is 2. The summed E-state index contributed by atoms with van der Waals surface area (Å²) in [4.78, 5) is 0. The van der Waals surface area contributed by atoms with E-state index in [4.69, 9.17) is 0 Å². The van der Waals surface area contributed by atoms with Crippen molar-refractivity contribution in [2.24, 2.45) is 0 Å². The zero-order chi connectivity index (χ0) is 19.9. The molecule has 0 atom stereocenters. The second-order valence-corrected chi connectivity index (χ2v) is 7.86. The van der Waals surface area contributed by atoms with Gasteiger partial charge in [0.05, 0.1) is 0 Å². The monoisotopic (exact) mass is 360 g/mol. The van der Waals surface area contributed by atoms with E-state index in [1.54, 1.807) is 0 Å². The highest BCUT2D eigenvalue weighted by Gasteiger charge is 2.21. The molecule has 0 amide bonds. The Morgan fingerprint density at radius 1 is 0.481 bits per heavy atom. The summed E-state index contributed by atoms with van der Waals surface area (Å²) in [6, 6.07) is 14.9. The van der Waals surface area contributed by atoms with Gasteiger partial charge in [0.25, 0.3) is 0 Å². The average molecular weight is 360 g/mol. The molecular formula is C25H28O2. The summed E-state index contributed by atoms with van der Waals surface area (Å²) in [7, 11) is 0. The first-order valence-corrected chi connectivity index (χ1v) is 9.35. The van der Waals surface area contributed by atoms with E-state index >= 15 is 0 Å². The Labute approximate surface area is 162 Å². The molecule has 0 unspecified atom stereocenters. The highest BCUT2D eigenvalue weighted by Crippen LogP contribution is 2.38. The number of phenols is 2. The Morgan fingerprint density at radius 2 is 0.778 bits per heavy atom. The minimum absolute atomic E-state index is 0.0413. The predicted octanol–water partition coefficient (Wildman–Crippen LogP) is 6.13. The highest BCUT2D eigenvalue weighted by atomic mass is 16.3. The molecule has 0 heterocycles. The van der Waals surface area contributed by atoms with E-state index in [-0.39, 0.29) is 5.92 Å². The molecule has 0 saturated heterocycles. The second kappa shape index (κ2) is 7.11. The lowest BCUT2D eigenvalue weighted by molar-refractivity contribution is 0.466. The molecule has 0 saturated carbocycles. The van der Waals surface area contributed by atoms with Crippen LogP contribution >= 0.6 is 0 Å². The average Bonchev–Trinajstić information content (AvgIpc) is 2.56. The summed E-state index contributed by atoms with van der Waals surface area (Å²) in [6.45, 7) is 12.0. The molecule has 0 spiro atoms. The van der Waals surface area contributed by atoms with Crippen LogP contribution in [0.5, 0.6) is 11.5 Å². The van der Waals surface area contributed by atoms with Gasteiger partial charge in [-0.2, -0.15) is 0 Å². The third kappa shape index (κ3) is 3.71. The quantitative estimate of drug-likeness (QED) is 0.552. The highest BCUT2D eigenvalue weighted by molar-refractivity contribution is 5.53. The maximum Gasteiger partial charge on any atom is 0.121 e. The van der Waals surface area contributed by atoms with E-state index in [0.717, 1.165) is 33.4 Å². The van der Waals surface area contributed by atoms with Crippen molar-refractivity contribution in [2.75, 3.05) is 0 Å². The van der Waals surface area contributed by atoms with Crippen LogP contribution in [-0.2, 0) is 0 Å². The molecule has 0 aliphatic heterocycles. The summed E-state index contributed by atoms with van der Waals surface area (Å²) >= 11 is 0. The van der Waals surface area contributed by atoms with Gasteiger partial charge in [0.15, 0.2) is 0 Å². The van der Waals surface area contributed by atoms with Gasteiger partial charge in [0.2, 0.25) is 0 Å². The van der Waals surface area contributed by atoms with E-state index in [2.05, 4.69) is 56.3 Å². The Kier molecular flexibility index (Phi) is 5.01. The van der Waals surface area contributed by atoms with Gasteiger partial charge in [-0.25, -0.2) is 0 Å². The molecule has 27 heavy (non-hydrogen) atoms. The summed E-state index contributed by atoms with van der Waals surface area (Å²) < 4.78 is 0. The van der Waals surface area contributed by atoms with Gasteiger partial charge in [0.1, 0.15) is 11.5 Å². The Morgan fingerprint density at radius 3 is 1.11 bits per heavy atom. The van der Waals surface area contributed by atoms with Gasteiger partial charge in [-0.1, -0.05) is 53.6 Å². The van der Waals surface area contributed by atoms with Crippen LogP contribution in [0.25, 0.3) is 0 Å². The molecule has 0 bridgehead atoms. The van der Waals surface area contributed by atoms with E-state index in [9.17, 15) is 10.2 Å². The minimum Gasteiger partial charge on any atom is -0.507 e. The van der Waals surface area contributed by atoms with Crippen LogP contribution < -0.4 is 0 Å². The van der Waals surface area contributed by atoms with Crippen molar-refractivity contribution < 1.29 is 10.2 Å². The fourth-order valence-corrected chi connectivity index (χ4v) is 4.07. The van der Waals surface area contributed by atoms with E-state index in [1.165, 1.54) is 16.7 Å². The zero-order valence-electron chi connectivity index (χ0n) is 17.0. The summed E-state index contributed by atoms with van der Waals surface area (Å²) in [6.07, 6.45) is 0. The van der Waals surface area contributed by atoms with Gasteiger partial charge in [0, 0.05) is 5.92 Å². The van der Waals surface area contributed by atoms with E-state index in [1.807, 2.05) is 27.7 Å². The molecule has 140 valence electrons. The maximum absolute atomic E-state index is 10.2. The van der Waals surface area contributed by atoms with Crippen LogP contribution in [0.3, 0.4) is 0 Å². The van der Waals surface area contributed by atoms with Gasteiger partial charge in [-0.05, 0) is 80.5 Å². The number of phenolic OH excluding ortho intramolecular Hbond substituents is 2. The lowest BCUT2D eigenvalue weighted by Gasteiger charge is -2.23. The maximum atomic E-state index is 10.2. The Balaban J connectivity index is 2.30. The smallest absolute Gasteiger partial charge is 0.121 e. The fourth-order valence-electron chi connectivity index (χ4n) is 4.07. The van der Waals surface area contributed by atoms with Crippen LogP contribution in [0.1, 0.15) is 56.0 Å². The first-order chi connectivity index (χ1) is 12.7. The fraction of sp³-hybridized carbons (Fsp3) is 0.280. The van der Waals surface area contributed by atoms with Crippen molar-refractivity contribution in [3.05, 3.63) is 92.5 Å². The minimum atomic E-state index is 0.0413. The summed E-state index contributed by atoms with van der Waals surface area (Å²) in [5, 5.41) is 20.5. The van der Waals surface area contributed by atoms with Gasteiger partial charge in [-0.3, -0.25) is 0 Å². The van der Waals surface area contributed by atoms with Crippen LogP contribution in [0.15, 0.2) is 42.5 Å². The SMILES string of the molecule is Cc1cc(C)cc(C(c2cc(C)c(O)c(C)c2)c2cc(C)c(O)c(C)c2)c1. The molecule has 3 rings (SSSR count). The van der Waals surface area contributed by atoms with Gasteiger partial charge < -0.3 is 10.2 Å². The lowest BCUT2D eigenvalue weighted by atomic mass is 9.81. The molecule has 3 aromatic rings. The predicted molar refractivity (Wildman–Crippen MR) is 112 cm³/mol. The molecule has 0 aliphatic rings. The molecule has 2 heteroatoms. The van der Waals surface area contributed by atoms with Crippen molar-refractivity contribution >= 4 is 0 Å². The van der Waals surface area contributed by atoms with E-state index in [0.29, 0.717) is 11.5 Å². The first-order valence-electron chi connectivity index (χ1n) is 9.35. The molecule has 0 aliphatic carbocycles. The van der Waals surface area contributed by atoms with Crippen LogP contribution in [0, 0.1) is 41.5 Å². The third-order valence-electron chi connectivity index (χ3n) is 5.27. The van der Waals surface area contributed by atoms with Gasteiger partial charge in [-0.15, -0.1) is 0 Å². The number of rotatable bonds is 3. The molecule has 2 nitrogen and oxygen atoms in total. The van der Waals surface area contributed by atoms with Crippen LogP contribution in [0.4, 0.5) is 0 Å². The first kappa shape index (κ1) is 19.0. The Hall–Kier alpha value is -2.74. The molecule has 0 fully saturated rings. The van der Waals surface area contributed by atoms with Crippen LogP contribution in [0.2, 0.25) is 0 Å². The molecule has 3 aromatic carbocycles. The largest absolute Gasteiger partial charge is 0.507 e. The summed E-state index contributed by atoms with van der Waals surface area (Å²) in [5.74, 6) is 0.756. The zero-order valence-corrected chi connectivity index (χ0v) is 17.0. The van der Waals surface area contributed by atoms with Crippen molar-refractivity contribution in [3.63, 3.8) is 0 Å². The van der Waals surface area contributed by atoms with Crippen molar-refractivity contribution in [3.8, 4) is 11.5 Å². The topological polar surface area (TPSA) is 40.5 Å². The third-order valence-corrected chi connectivity index (χ3v) is 5.27. The molecule has 0 radical (unpaired) electrons. The van der Waals surface area contributed by atoms with Crippen molar-refractivity contribution in [2.45, 2.75) is 47.5 Å². The molecular weight excluding hydrogens is 332 g/mol. The van der Waals surface area contributed by atoms with Crippen molar-refractivity contribution in [1.82, 2.24) is 0 Å². The van der Waals surface area contributed by atoms with E-state index < -0.39 is 0 Å². The van der Waals surface area contributed by atoms with Crippen LogP contribution in [-0.4, -0.2) is 10.2 Å². The Bertz CT molecular complexity index is 891. The number of aryl methyl sites for hydroxylation is 6. The lowest BCUT2D eigenvalue weighted by Crippen LogP contribution is -2.06.